The highest BCUT2D eigenvalue weighted by Gasteiger charge is 2.53. The molecule has 3 fully saturated rings. The molecule has 108 valence electrons. The summed E-state index contributed by atoms with van der Waals surface area (Å²) in [6.45, 7) is 1.12. The number of nitrogens with one attached hydrogen (secondary N) is 1. The van der Waals surface area contributed by atoms with Gasteiger partial charge >= 0.3 is 0 Å². The maximum atomic E-state index is 13.6. The van der Waals surface area contributed by atoms with Gasteiger partial charge in [-0.3, -0.25) is 0 Å². The van der Waals surface area contributed by atoms with Gasteiger partial charge in [-0.15, -0.1) is 0 Å². The normalized spacial score (nSPS) is 35.1. The van der Waals surface area contributed by atoms with Crippen LogP contribution in [0.5, 0.6) is 0 Å². The van der Waals surface area contributed by atoms with Gasteiger partial charge < -0.3 is 5.32 Å². The topological polar surface area (TPSA) is 12.0 Å². The molecule has 1 aromatic rings. The molecule has 0 aromatic heterocycles. The van der Waals surface area contributed by atoms with E-state index in [-0.39, 0.29) is 5.82 Å². The van der Waals surface area contributed by atoms with Crippen LogP contribution in [0.1, 0.15) is 37.7 Å². The number of halogens is 2. The van der Waals surface area contributed by atoms with Crippen molar-refractivity contribution in [2.45, 2.75) is 44.6 Å². The summed E-state index contributed by atoms with van der Waals surface area (Å²) in [6.07, 6.45) is 7.83. The van der Waals surface area contributed by atoms with Crippen LogP contribution < -0.4 is 5.32 Å². The lowest BCUT2D eigenvalue weighted by Gasteiger charge is -2.32. The van der Waals surface area contributed by atoms with Gasteiger partial charge in [-0.1, -0.05) is 15.9 Å². The van der Waals surface area contributed by atoms with Gasteiger partial charge in [0.2, 0.25) is 0 Å². The van der Waals surface area contributed by atoms with E-state index in [1.54, 1.807) is 12.1 Å². The van der Waals surface area contributed by atoms with Crippen LogP contribution in [-0.2, 0) is 6.42 Å². The lowest BCUT2D eigenvalue weighted by Crippen LogP contribution is -2.36. The second-order valence-electron chi connectivity index (χ2n) is 7.27. The minimum Gasteiger partial charge on any atom is -0.313 e. The van der Waals surface area contributed by atoms with Crippen molar-refractivity contribution in [2.24, 2.45) is 17.3 Å². The molecule has 2 atom stereocenters. The van der Waals surface area contributed by atoms with Crippen molar-refractivity contribution in [1.29, 1.82) is 0 Å². The Bertz CT molecular complexity index is 495. The van der Waals surface area contributed by atoms with E-state index < -0.39 is 0 Å². The summed E-state index contributed by atoms with van der Waals surface area (Å²) in [5, 5.41) is 3.72. The minimum absolute atomic E-state index is 0.122. The van der Waals surface area contributed by atoms with Gasteiger partial charge in [0.25, 0.3) is 0 Å². The fraction of sp³-hybridized carbons (Fsp3) is 0.647. The Morgan fingerprint density at radius 2 is 1.95 bits per heavy atom. The van der Waals surface area contributed by atoms with E-state index in [1.165, 1.54) is 32.1 Å². The molecule has 0 spiro atoms. The highest BCUT2D eigenvalue weighted by molar-refractivity contribution is 9.10. The average molecular weight is 338 g/mol. The Morgan fingerprint density at radius 1 is 1.20 bits per heavy atom. The van der Waals surface area contributed by atoms with E-state index in [0.29, 0.717) is 5.41 Å². The summed E-state index contributed by atoms with van der Waals surface area (Å²) in [7, 11) is 0. The average Bonchev–Trinajstić information content (AvgIpc) is 3.26. The third kappa shape index (κ3) is 2.80. The second kappa shape index (κ2) is 4.81. The highest BCUT2D eigenvalue weighted by Crippen LogP contribution is 2.60. The molecule has 1 nitrogen and oxygen atoms in total. The van der Waals surface area contributed by atoms with E-state index in [2.05, 4.69) is 27.3 Å². The number of hydrogen-bond donors (Lipinski definition) is 1. The monoisotopic (exact) mass is 337 g/mol. The molecule has 0 bridgehead atoms. The van der Waals surface area contributed by atoms with Gasteiger partial charge in [0.1, 0.15) is 5.82 Å². The molecule has 2 unspecified atom stereocenters. The first-order valence-electron chi connectivity index (χ1n) is 7.80. The third-order valence-corrected chi connectivity index (χ3v) is 5.76. The number of fused-ring (bicyclic) bond motifs is 1. The zero-order valence-electron chi connectivity index (χ0n) is 11.7. The molecule has 1 N–H and O–H groups in total. The minimum atomic E-state index is -0.122. The van der Waals surface area contributed by atoms with Crippen molar-refractivity contribution in [3.63, 3.8) is 0 Å². The second-order valence-corrected chi connectivity index (χ2v) is 8.19. The summed E-state index contributed by atoms with van der Waals surface area (Å²) in [4.78, 5) is 0. The summed E-state index contributed by atoms with van der Waals surface area (Å²) in [6, 6.07) is 6.12. The summed E-state index contributed by atoms with van der Waals surface area (Å²) < 4.78 is 14.5. The Kier molecular flexibility index (Phi) is 3.19. The van der Waals surface area contributed by atoms with Gasteiger partial charge in [0, 0.05) is 17.1 Å². The summed E-state index contributed by atoms with van der Waals surface area (Å²) in [5.74, 6) is 1.81. The molecule has 4 rings (SSSR count). The molecule has 0 aliphatic heterocycles. The fourth-order valence-corrected chi connectivity index (χ4v) is 4.66. The molecule has 0 saturated heterocycles. The first-order valence-corrected chi connectivity index (χ1v) is 8.60. The van der Waals surface area contributed by atoms with Crippen LogP contribution in [0.3, 0.4) is 0 Å². The largest absolute Gasteiger partial charge is 0.313 e. The van der Waals surface area contributed by atoms with Crippen molar-refractivity contribution >= 4 is 15.9 Å². The molecule has 1 aromatic carbocycles. The first-order chi connectivity index (χ1) is 9.62. The van der Waals surface area contributed by atoms with Crippen molar-refractivity contribution in [1.82, 2.24) is 5.32 Å². The molecular weight excluding hydrogens is 317 g/mol. The van der Waals surface area contributed by atoms with Crippen molar-refractivity contribution in [3.8, 4) is 0 Å². The Labute approximate surface area is 128 Å². The smallest absolute Gasteiger partial charge is 0.124 e. The van der Waals surface area contributed by atoms with Crippen LogP contribution in [0, 0.1) is 23.1 Å². The lowest BCUT2D eigenvalue weighted by molar-refractivity contribution is 0.247. The van der Waals surface area contributed by atoms with Gasteiger partial charge in [-0.2, -0.15) is 0 Å². The molecule has 0 amide bonds. The standard InChI is InChI=1S/C17H21BrFN/c18-14-3-11(4-15(19)6-14)7-17(10-20-16-1-2-16)8-12-5-13(12)9-17/h3-4,6,12-13,16,20H,1-2,5,7-10H2. The van der Waals surface area contributed by atoms with Crippen molar-refractivity contribution < 1.29 is 4.39 Å². The van der Waals surface area contributed by atoms with Crippen molar-refractivity contribution in [3.05, 3.63) is 34.1 Å². The maximum absolute atomic E-state index is 13.6. The zero-order chi connectivity index (χ0) is 13.7. The predicted molar refractivity (Wildman–Crippen MR) is 82.1 cm³/mol. The van der Waals surface area contributed by atoms with Gasteiger partial charge in [-0.05, 0) is 79.5 Å². The Hall–Kier alpha value is -0.410. The molecule has 0 heterocycles. The third-order valence-electron chi connectivity index (χ3n) is 5.30. The molecule has 3 aliphatic rings. The molecule has 3 saturated carbocycles. The van der Waals surface area contributed by atoms with Crippen molar-refractivity contribution in [2.75, 3.05) is 6.54 Å². The Balaban J connectivity index is 1.51. The van der Waals surface area contributed by atoms with Crippen LogP contribution in [0.15, 0.2) is 22.7 Å². The molecule has 3 heteroatoms. The van der Waals surface area contributed by atoms with E-state index in [0.717, 1.165) is 40.9 Å². The fourth-order valence-electron chi connectivity index (χ4n) is 4.15. The van der Waals surface area contributed by atoms with E-state index in [1.807, 2.05) is 0 Å². The van der Waals surface area contributed by atoms with Gasteiger partial charge in [0.05, 0.1) is 0 Å². The molecule has 3 aliphatic carbocycles. The number of hydrogen-bond acceptors (Lipinski definition) is 1. The van der Waals surface area contributed by atoms with E-state index in [9.17, 15) is 4.39 Å². The van der Waals surface area contributed by atoms with Gasteiger partial charge in [-0.25, -0.2) is 4.39 Å². The predicted octanol–water partition coefficient (Wildman–Crippen LogP) is 4.30. The molecular formula is C17H21BrFN. The zero-order valence-corrected chi connectivity index (χ0v) is 13.3. The summed E-state index contributed by atoms with van der Waals surface area (Å²) >= 11 is 3.42. The maximum Gasteiger partial charge on any atom is 0.124 e. The van der Waals surface area contributed by atoms with E-state index in [4.69, 9.17) is 0 Å². The van der Waals surface area contributed by atoms with Crippen LogP contribution in [0.2, 0.25) is 0 Å². The number of rotatable bonds is 5. The molecule has 0 radical (unpaired) electrons. The quantitative estimate of drug-likeness (QED) is 0.844. The lowest BCUT2D eigenvalue weighted by atomic mass is 9.77. The first kappa shape index (κ1) is 13.3. The Morgan fingerprint density at radius 3 is 2.60 bits per heavy atom. The van der Waals surface area contributed by atoms with Crippen LogP contribution in [-0.4, -0.2) is 12.6 Å². The van der Waals surface area contributed by atoms with Crippen LogP contribution >= 0.6 is 15.9 Å². The van der Waals surface area contributed by atoms with Crippen LogP contribution in [0.25, 0.3) is 0 Å². The highest BCUT2D eigenvalue weighted by atomic mass is 79.9. The van der Waals surface area contributed by atoms with E-state index >= 15 is 0 Å². The molecule has 20 heavy (non-hydrogen) atoms. The SMILES string of the molecule is Fc1cc(Br)cc(CC2(CNC3CC3)CC3CC3C2)c1. The van der Waals surface area contributed by atoms with Gasteiger partial charge in [0.15, 0.2) is 0 Å². The number of benzene rings is 1. The van der Waals surface area contributed by atoms with Crippen LogP contribution in [0.4, 0.5) is 4.39 Å². The summed E-state index contributed by atoms with van der Waals surface area (Å²) in [5.41, 5.74) is 1.53.